The molecule has 3 atom stereocenters. The Labute approximate surface area is 181 Å². The van der Waals surface area contributed by atoms with Gasteiger partial charge in [0.05, 0.1) is 6.61 Å². The van der Waals surface area contributed by atoms with Crippen LogP contribution in [0.5, 0.6) is 0 Å². The third kappa shape index (κ3) is 4.25. The molecule has 2 heterocycles. The molecule has 30 heavy (non-hydrogen) atoms. The van der Waals surface area contributed by atoms with Gasteiger partial charge in [0.25, 0.3) is 5.91 Å². The van der Waals surface area contributed by atoms with Crippen LogP contribution in [0.25, 0.3) is 0 Å². The van der Waals surface area contributed by atoms with Crippen molar-refractivity contribution >= 4 is 35.1 Å². The number of piperazine rings is 1. The molecule has 2 saturated heterocycles. The first kappa shape index (κ1) is 22.4. The number of carbonyl (C=O) groups is 3. The topological polar surface area (TPSA) is 91.0 Å². The van der Waals surface area contributed by atoms with Crippen LogP contribution in [-0.2, 0) is 14.3 Å². The number of amides is 4. The minimum absolute atomic E-state index is 0.0143. The molecular weight excluding hydrogens is 408 g/mol. The highest BCUT2D eigenvalue weighted by Gasteiger charge is 2.48. The number of nitrogens with one attached hydrogen (secondary N) is 2. The van der Waals surface area contributed by atoms with Crippen LogP contribution < -0.4 is 15.5 Å². The SMILES string of the molecule is COCC1(CC(C)C(=O)N2CCN(c3cccc(Cl)c3C)[C@@H](C)C2)NC(=O)NC1=O. The van der Waals surface area contributed by atoms with Crippen LogP contribution in [0.1, 0.15) is 25.8 Å². The van der Waals surface area contributed by atoms with Crippen LogP contribution in [-0.4, -0.2) is 67.7 Å². The van der Waals surface area contributed by atoms with Gasteiger partial charge in [-0.25, -0.2) is 4.79 Å². The molecule has 2 fully saturated rings. The highest BCUT2D eigenvalue weighted by atomic mass is 35.5. The molecule has 8 nitrogen and oxygen atoms in total. The molecule has 2 aliphatic heterocycles. The van der Waals surface area contributed by atoms with Crippen LogP contribution in [0.3, 0.4) is 0 Å². The molecule has 2 unspecified atom stereocenters. The summed E-state index contributed by atoms with van der Waals surface area (Å²) in [6.07, 6.45) is 0.180. The molecule has 0 saturated carbocycles. The summed E-state index contributed by atoms with van der Waals surface area (Å²) >= 11 is 6.28. The molecule has 4 amide bonds. The number of hydrogen-bond donors (Lipinski definition) is 2. The van der Waals surface area contributed by atoms with Crippen LogP contribution in [0.4, 0.5) is 10.5 Å². The Hall–Kier alpha value is -2.32. The van der Waals surface area contributed by atoms with Crippen molar-refractivity contribution < 1.29 is 19.1 Å². The van der Waals surface area contributed by atoms with Crippen molar-refractivity contribution in [2.75, 3.05) is 38.3 Å². The van der Waals surface area contributed by atoms with E-state index in [2.05, 4.69) is 22.5 Å². The maximum Gasteiger partial charge on any atom is 0.322 e. The summed E-state index contributed by atoms with van der Waals surface area (Å²) in [6, 6.07) is 5.42. The fourth-order valence-electron chi connectivity index (χ4n) is 4.42. The zero-order valence-corrected chi connectivity index (χ0v) is 18.6. The molecule has 2 N–H and O–H groups in total. The number of benzene rings is 1. The van der Waals surface area contributed by atoms with Gasteiger partial charge < -0.3 is 19.9 Å². The third-order valence-corrected chi connectivity index (χ3v) is 6.38. The van der Waals surface area contributed by atoms with E-state index in [1.807, 2.05) is 30.0 Å². The summed E-state index contributed by atoms with van der Waals surface area (Å²) in [5.41, 5.74) is 0.898. The smallest absolute Gasteiger partial charge is 0.322 e. The number of rotatable bonds is 6. The molecule has 0 spiro atoms. The Balaban J connectivity index is 1.67. The Morgan fingerprint density at radius 1 is 1.37 bits per heavy atom. The highest BCUT2D eigenvalue weighted by Crippen LogP contribution is 2.30. The predicted octanol–water partition coefficient (Wildman–Crippen LogP) is 1.94. The minimum Gasteiger partial charge on any atom is -0.382 e. The molecule has 0 aliphatic carbocycles. The lowest BCUT2D eigenvalue weighted by Crippen LogP contribution is -2.57. The van der Waals surface area contributed by atoms with E-state index < -0.39 is 23.4 Å². The first-order chi connectivity index (χ1) is 14.2. The van der Waals surface area contributed by atoms with E-state index in [1.165, 1.54) is 7.11 Å². The van der Waals surface area contributed by atoms with Crippen LogP contribution in [0.15, 0.2) is 18.2 Å². The summed E-state index contributed by atoms with van der Waals surface area (Å²) in [6.45, 7) is 7.74. The molecule has 1 aromatic carbocycles. The summed E-state index contributed by atoms with van der Waals surface area (Å²) in [7, 11) is 1.46. The Kier molecular flexibility index (Phi) is 6.57. The number of urea groups is 1. The Morgan fingerprint density at radius 3 is 2.70 bits per heavy atom. The van der Waals surface area contributed by atoms with Crippen molar-refractivity contribution in [3.8, 4) is 0 Å². The van der Waals surface area contributed by atoms with Crippen LogP contribution >= 0.6 is 11.6 Å². The van der Waals surface area contributed by atoms with E-state index in [0.29, 0.717) is 19.6 Å². The number of anilines is 1. The maximum atomic E-state index is 13.1. The van der Waals surface area contributed by atoms with Crippen LogP contribution in [0, 0.1) is 12.8 Å². The number of carbonyl (C=O) groups excluding carboxylic acids is 3. The standard InChI is InChI=1S/C21H29ClN4O4/c1-13(10-21(12-30-4)19(28)23-20(29)24-21)18(27)25-8-9-26(14(2)11-25)17-7-5-6-16(22)15(17)3/h5-7,13-14H,8-12H2,1-4H3,(H2,23,24,28,29)/t13?,14-,21?/m0/s1. The molecule has 164 valence electrons. The van der Waals surface area contributed by atoms with Crippen molar-refractivity contribution in [1.29, 1.82) is 0 Å². The lowest BCUT2D eigenvalue weighted by molar-refractivity contribution is -0.137. The molecular formula is C21H29ClN4O4. The quantitative estimate of drug-likeness (QED) is 0.665. The average molecular weight is 437 g/mol. The normalized spacial score (nSPS) is 25.2. The number of hydrogen-bond acceptors (Lipinski definition) is 5. The van der Waals surface area contributed by atoms with Gasteiger partial charge in [0.15, 0.2) is 0 Å². The van der Waals surface area contributed by atoms with Gasteiger partial charge in [-0.05, 0) is 38.0 Å². The predicted molar refractivity (Wildman–Crippen MR) is 115 cm³/mol. The zero-order chi connectivity index (χ0) is 22.1. The van der Waals surface area contributed by atoms with Crippen molar-refractivity contribution in [3.63, 3.8) is 0 Å². The first-order valence-electron chi connectivity index (χ1n) is 10.1. The molecule has 2 aliphatic rings. The minimum atomic E-state index is -1.22. The number of methoxy groups -OCH3 is 1. The van der Waals surface area contributed by atoms with E-state index in [-0.39, 0.29) is 25.0 Å². The maximum absolute atomic E-state index is 13.1. The van der Waals surface area contributed by atoms with Crippen molar-refractivity contribution in [2.24, 2.45) is 5.92 Å². The van der Waals surface area contributed by atoms with Crippen LogP contribution in [0.2, 0.25) is 5.02 Å². The lowest BCUT2D eigenvalue weighted by atomic mass is 9.87. The lowest BCUT2D eigenvalue weighted by Gasteiger charge is -2.43. The number of halogens is 1. The molecule has 0 radical (unpaired) electrons. The summed E-state index contributed by atoms with van der Waals surface area (Å²) in [5, 5.41) is 5.61. The number of nitrogens with zero attached hydrogens (tertiary/aromatic N) is 2. The van der Waals surface area contributed by atoms with Gasteiger partial charge in [-0.1, -0.05) is 24.6 Å². The molecule has 1 aromatic rings. The van der Waals surface area contributed by atoms with E-state index >= 15 is 0 Å². The molecule has 9 heteroatoms. The summed E-state index contributed by atoms with van der Waals surface area (Å²) < 4.78 is 5.16. The van der Waals surface area contributed by atoms with Gasteiger partial charge in [-0.2, -0.15) is 0 Å². The van der Waals surface area contributed by atoms with Gasteiger partial charge in [-0.3, -0.25) is 14.9 Å². The summed E-state index contributed by atoms with van der Waals surface area (Å²) in [4.78, 5) is 41.2. The van der Waals surface area contributed by atoms with Crippen molar-refractivity contribution in [3.05, 3.63) is 28.8 Å². The Morgan fingerprint density at radius 2 is 2.10 bits per heavy atom. The first-order valence-corrected chi connectivity index (χ1v) is 10.5. The van der Waals surface area contributed by atoms with Crippen molar-refractivity contribution in [1.82, 2.24) is 15.5 Å². The fraction of sp³-hybridized carbons (Fsp3) is 0.571. The number of imide groups is 1. The van der Waals surface area contributed by atoms with Gasteiger partial charge >= 0.3 is 6.03 Å². The molecule has 3 rings (SSSR count). The fourth-order valence-corrected chi connectivity index (χ4v) is 4.59. The van der Waals surface area contributed by atoms with Crippen molar-refractivity contribution in [2.45, 2.75) is 38.8 Å². The number of ether oxygens (including phenoxy) is 1. The highest BCUT2D eigenvalue weighted by molar-refractivity contribution is 6.31. The Bertz CT molecular complexity index is 848. The van der Waals surface area contributed by atoms with Gasteiger partial charge in [-0.15, -0.1) is 0 Å². The zero-order valence-electron chi connectivity index (χ0n) is 17.8. The van der Waals surface area contributed by atoms with Gasteiger partial charge in [0.1, 0.15) is 5.54 Å². The van der Waals surface area contributed by atoms with E-state index in [9.17, 15) is 14.4 Å². The van der Waals surface area contributed by atoms with E-state index in [0.717, 1.165) is 16.3 Å². The van der Waals surface area contributed by atoms with E-state index in [4.69, 9.17) is 16.3 Å². The van der Waals surface area contributed by atoms with Gasteiger partial charge in [0, 0.05) is 49.4 Å². The average Bonchev–Trinajstić information content (AvgIpc) is 2.96. The molecule has 0 aromatic heterocycles. The summed E-state index contributed by atoms with van der Waals surface area (Å²) in [5.74, 6) is -0.937. The van der Waals surface area contributed by atoms with E-state index in [1.54, 1.807) is 6.92 Å². The van der Waals surface area contributed by atoms with Gasteiger partial charge in [0.2, 0.25) is 5.91 Å². The second kappa shape index (κ2) is 8.81. The second-order valence-corrected chi connectivity index (χ2v) is 8.65. The largest absolute Gasteiger partial charge is 0.382 e. The molecule has 0 bridgehead atoms. The third-order valence-electron chi connectivity index (χ3n) is 5.97. The second-order valence-electron chi connectivity index (χ2n) is 8.24. The monoisotopic (exact) mass is 436 g/mol.